The van der Waals surface area contributed by atoms with Crippen molar-refractivity contribution >= 4 is 28.4 Å². The van der Waals surface area contributed by atoms with Crippen LogP contribution >= 0.6 is 11.8 Å². The standard InChI is InChI=1S/C8H10O3S/c1-2-6(9)7(10)5-3-4-12-8(5)11/h5H,2-4H2,1H3. The Labute approximate surface area is 74.9 Å². The Morgan fingerprint density at radius 1 is 1.58 bits per heavy atom. The average molecular weight is 186 g/mol. The molecule has 0 spiro atoms. The summed E-state index contributed by atoms with van der Waals surface area (Å²) in [6.45, 7) is 1.63. The van der Waals surface area contributed by atoms with E-state index >= 15 is 0 Å². The monoisotopic (exact) mass is 186 g/mol. The van der Waals surface area contributed by atoms with Crippen molar-refractivity contribution in [3.8, 4) is 0 Å². The number of hydrogen-bond acceptors (Lipinski definition) is 4. The highest BCUT2D eigenvalue weighted by Gasteiger charge is 2.34. The van der Waals surface area contributed by atoms with Crippen LogP contribution in [0.2, 0.25) is 0 Å². The second-order valence-corrected chi connectivity index (χ2v) is 3.75. The molecule has 0 aromatic carbocycles. The van der Waals surface area contributed by atoms with Gasteiger partial charge in [0.15, 0.2) is 10.9 Å². The lowest BCUT2D eigenvalue weighted by molar-refractivity contribution is -0.140. The van der Waals surface area contributed by atoms with Gasteiger partial charge in [-0.3, -0.25) is 14.4 Å². The fourth-order valence-electron chi connectivity index (χ4n) is 1.10. The fourth-order valence-corrected chi connectivity index (χ4v) is 2.08. The minimum Gasteiger partial charge on any atom is -0.291 e. The molecule has 12 heavy (non-hydrogen) atoms. The van der Waals surface area contributed by atoms with Gasteiger partial charge in [0.2, 0.25) is 5.78 Å². The maximum absolute atomic E-state index is 11.2. The summed E-state index contributed by atoms with van der Waals surface area (Å²) in [6.07, 6.45) is 0.737. The molecule has 1 fully saturated rings. The smallest absolute Gasteiger partial charge is 0.209 e. The minimum atomic E-state index is -0.637. The van der Waals surface area contributed by atoms with Crippen LogP contribution in [0.15, 0.2) is 0 Å². The predicted octanol–water partition coefficient (Wildman–Crippen LogP) is 0.814. The maximum Gasteiger partial charge on any atom is 0.209 e. The van der Waals surface area contributed by atoms with E-state index in [1.807, 2.05) is 0 Å². The summed E-state index contributed by atoms with van der Waals surface area (Å²) in [7, 11) is 0. The van der Waals surface area contributed by atoms with E-state index in [9.17, 15) is 14.4 Å². The van der Waals surface area contributed by atoms with Gasteiger partial charge < -0.3 is 0 Å². The van der Waals surface area contributed by atoms with E-state index < -0.39 is 17.5 Å². The van der Waals surface area contributed by atoms with Gasteiger partial charge >= 0.3 is 0 Å². The molecule has 0 amide bonds. The first-order valence-corrected chi connectivity index (χ1v) is 4.89. The Bertz CT molecular complexity index is 234. The Balaban J connectivity index is 2.63. The third-order valence-corrected chi connectivity index (χ3v) is 2.86. The summed E-state index contributed by atoms with van der Waals surface area (Å²) >= 11 is 1.15. The molecule has 0 aromatic rings. The quantitative estimate of drug-likeness (QED) is 0.483. The lowest BCUT2D eigenvalue weighted by Gasteiger charge is -2.01. The number of ketones is 2. The van der Waals surface area contributed by atoms with E-state index in [1.165, 1.54) is 0 Å². The van der Waals surface area contributed by atoms with E-state index in [0.717, 1.165) is 11.8 Å². The first-order chi connectivity index (χ1) is 5.66. The zero-order valence-corrected chi connectivity index (χ0v) is 7.65. The van der Waals surface area contributed by atoms with Gasteiger partial charge in [-0.2, -0.15) is 0 Å². The van der Waals surface area contributed by atoms with Crippen molar-refractivity contribution in [2.75, 3.05) is 5.75 Å². The largest absolute Gasteiger partial charge is 0.291 e. The molecular formula is C8H10O3S. The molecule has 1 aliphatic heterocycles. The molecule has 1 atom stereocenters. The summed E-state index contributed by atoms with van der Waals surface area (Å²) in [6, 6.07) is 0. The molecule has 0 aromatic heterocycles. The van der Waals surface area contributed by atoms with E-state index in [2.05, 4.69) is 0 Å². The topological polar surface area (TPSA) is 51.2 Å². The van der Waals surface area contributed by atoms with E-state index in [4.69, 9.17) is 0 Å². The van der Waals surface area contributed by atoms with Crippen molar-refractivity contribution in [3.63, 3.8) is 0 Å². The molecule has 1 aliphatic rings. The van der Waals surface area contributed by atoms with E-state index in [1.54, 1.807) is 6.92 Å². The van der Waals surface area contributed by atoms with Crippen molar-refractivity contribution in [2.45, 2.75) is 19.8 Å². The lowest BCUT2D eigenvalue weighted by Crippen LogP contribution is -2.25. The molecular weight excluding hydrogens is 176 g/mol. The first kappa shape index (κ1) is 9.45. The highest BCUT2D eigenvalue weighted by molar-refractivity contribution is 8.14. The van der Waals surface area contributed by atoms with E-state index in [0.29, 0.717) is 12.2 Å². The van der Waals surface area contributed by atoms with Crippen LogP contribution in [0.4, 0.5) is 0 Å². The molecule has 0 saturated carbocycles. The van der Waals surface area contributed by atoms with Crippen molar-refractivity contribution in [2.24, 2.45) is 5.92 Å². The fraction of sp³-hybridized carbons (Fsp3) is 0.625. The van der Waals surface area contributed by atoms with Gasteiger partial charge in [0.05, 0.1) is 5.92 Å². The lowest BCUT2D eigenvalue weighted by atomic mass is 9.99. The molecule has 1 unspecified atom stereocenters. The summed E-state index contributed by atoms with van der Waals surface area (Å²) < 4.78 is 0. The summed E-state index contributed by atoms with van der Waals surface area (Å²) in [5.74, 6) is -0.877. The van der Waals surface area contributed by atoms with Crippen LogP contribution in [0, 0.1) is 5.92 Å². The molecule has 66 valence electrons. The molecule has 0 radical (unpaired) electrons. The van der Waals surface area contributed by atoms with Gasteiger partial charge in [-0.05, 0) is 6.42 Å². The normalized spacial score (nSPS) is 22.8. The van der Waals surface area contributed by atoms with Crippen LogP contribution in [0.5, 0.6) is 0 Å². The Kier molecular flexibility index (Phi) is 3.03. The second-order valence-electron chi connectivity index (χ2n) is 2.65. The zero-order valence-electron chi connectivity index (χ0n) is 6.83. The molecule has 1 rings (SSSR count). The second kappa shape index (κ2) is 3.85. The van der Waals surface area contributed by atoms with Gasteiger partial charge in [-0.15, -0.1) is 0 Å². The third kappa shape index (κ3) is 1.75. The summed E-state index contributed by atoms with van der Waals surface area (Å²) in [5.41, 5.74) is 0. The van der Waals surface area contributed by atoms with Gasteiger partial charge in [0.1, 0.15) is 0 Å². The molecule has 1 saturated heterocycles. The van der Waals surface area contributed by atoms with Gasteiger partial charge in [-0.1, -0.05) is 18.7 Å². The van der Waals surface area contributed by atoms with E-state index in [-0.39, 0.29) is 11.5 Å². The number of thioether (sulfide) groups is 1. The molecule has 4 heteroatoms. The predicted molar refractivity (Wildman–Crippen MR) is 45.9 cm³/mol. The highest BCUT2D eigenvalue weighted by atomic mass is 32.2. The Morgan fingerprint density at radius 2 is 2.25 bits per heavy atom. The minimum absolute atomic E-state index is 0.137. The Morgan fingerprint density at radius 3 is 2.67 bits per heavy atom. The number of hydrogen-bond donors (Lipinski definition) is 0. The summed E-state index contributed by atoms with van der Waals surface area (Å²) in [5, 5.41) is -0.137. The number of Topliss-reactive ketones (excluding diaryl/α,β-unsaturated/α-hetero) is 2. The molecule has 0 bridgehead atoms. The third-order valence-electron chi connectivity index (χ3n) is 1.85. The van der Waals surface area contributed by atoms with Crippen LogP contribution in [0.25, 0.3) is 0 Å². The molecule has 0 aliphatic carbocycles. The van der Waals surface area contributed by atoms with Gasteiger partial charge in [0.25, 0.3) is 0 Å². The number of carbonyl (C=O) groups excluding carboxylic acids is 3. The average Bonchev–Trinajstić information content (AvgIpc) is 2.48. The highest BCUT2D eigenvalue weighted by Crippen LogP contribution is 2.26. The van der Waals surface area contributed by atoms with Crippen molar-refractivity contribution < 1.29 is 14.4 Å². The molecule has 3 nitrogen and oxygen atoms in total. The van der Waals surface area contributed by atoms with Crippen LogP contribution in [-0.4, -0.2) is 22.4 Å². The van der Waals surface area contributed by atoms with Crippen LogP contribution in [0.1, 0.15) is 19.8 Å². The van der Waals surface area contributed by atoms with Crippen molar-refractivity contribution in [1.29, 1.82) is 0 Å². The van der Waals surface area contributed by atoms with Gasteiger partial charge in [-0.25, -0.2) is 0 Å². The first-order valence-electron chi connectivity index (χ1n) is 3.90. The van der Waals surface area contributed by atoms with Crippen LogP contribution in [-0.2, 0) is 14.4 Å². The van der Waals surface area contributed by atoms with Crippen molar-refractivity contribution in [1.82, 2.24) is 0 Å². The number of rotatable bonds is 3. The Hall–Kier alpha value is -0.640. The number of carbonyl (C=O) groups is 3. The molecule has 1 heterocycles. The zero-order chi connectivity index (χ0) is 9.14. The van der Waals surface area contributed by atoms with Crippen LogP contribution < -0.4 is 0 Å². The molecule has 0 N–H and O–H groups in total. The maximum atomic E-state index is 11.2. The van der Waals surface area contributed by atoms with Crippen molar-refractivity contribution in [3.05, 3.63) is 0 Å². The van der Waals surface area contributed by atoms with Crippen LogP contribution in [0.3, 0.4) is 0 Å². The summed E-state index contributed by atoms with van der Waals surface area (Å²) in [4.78, 5) is 33.2. The SMILES string of the molecule is CCC(=O)C(=O)C1CCSC1=O. The van der Waals surface area contributed by atoms with Gasteiger partial charge in [0, 0.05) is 12.2 Å².